The number of fused-ring (bicyclic) bond motifs is 1. The standard InChI is InChI=1S/C17H23N3O4S/c1-12(21)20-9-7-13-10-14(5-6-16(13)20)17(22)18-15-4-3-8-19(11-15)25(2,23)24/h5-6,10,15H,3-4,7-9,11H2,1-2H3,(H,18,22). The minimum Gasteiger partial charge on any atom is -0.348 e. The van der Waals surface area contributed by atoms with E-state index >= 15 is 0 Å². The number of sulfonamides is 1. The van der Waals surface area contributed by atoms with E-state index in [0.29, 0.717) is 25.2 Å². The number of rotatable bonds is 3. The van der Waals surface area contributed by atoms with E-state index in [1.54, 1.807) is 11.0 Å². The quantitative estimate of drug-likeness (QED) is 0.856. The average Bonchev–Trinajstić information content (AvgIpc) is 2.97. The van der Waals surface area contributed by atoms with Crippen LogP contribution in [0.15, 0.2) is 18.2 Å². The summed E-state index contributed by atoms with van der Waals surface area (Å²) < 4.78 is 24.8. The van der Waals surface area contributed by atoms with Crippen molar-refractivity contribution >= 4 is 27.5 Å². The Bertz CT molecular complexity index is 806. The molecule has 2 heterocycles. The minimum atomic E-state index is -3.24. The Morgan fingerprint density at radius 1 is 1.24 bits per heavy atom. The molecular weight excluding hydrogens is 342 g/mol. The second-order valence-electron chi connectivity index (χ2n) is 6.70. The third kappa shape index (κ3) is 3.85. The molecule has 2 aliphatic rings. The maximum Gasteiger partial charge on any atom is 0.251 e. The average molecular weight is 365 g/mol. The molecule has 0 aromatic heterocycles. The summed E-state index contributed by atoms with van der Waals surface area (Å²) in [6, 6.07) is 5.16. The number of amides is 2. The molecule has 0 spiro atoms. The van der Waals surface area contributed by atoms with E-state index in [4.69, 9.17) is 0 Å². The lowest BCUT2D eigenvalue weighted by Crippen LogP contribution is -2.49. The van der Waals surface area contributed by atoms with Gasteiger partial charge in [0.05, 0.1) is 6.26 Å². The Morgan fingerprint density at radius 2 is 2.00 bits per heavy atom. The highest BCUT2D eigenvalue weighted by molar-refractivity contribution is 7.88. The van der Waals surface area contributed by atoms with E-state index in [0.717, 1.165) is 30.5 Å². The van der Waals surface area contributed by atoms with Gasteiger partial charge in [0.25, 0.3) is 5.91 Å². The van der Waals surface area contributed by atoms with Crippen molar-refractivity contribution in [3.63, 3.8) is 0 Å². The molecule has 1 saturated heterocycles. The Labute approximate surface area is 148 Å². The zero-order valence-corrected chi connectivity index (χ0v) is 15.3. The van der Waals surface area contributed by atoms with Gasteiger partial charge in [-0.15, -0.1) is 0 Å². The van der Waals surface area contributed by atoms with Crippen LogP contribution in [0.3, 0.4) is 0 Å². The summed E-state index contributed by atoms with van der Waals surface area (Å²) in [5.41, 5.74) is 2.40. The van der Waals surface area contributed by atoms with Gasteiger partial charge in [-0.05, 0) is 43.0 Å². The number of carbonyl (C=O) groups is 2. The van der Waals surface area contributed by atoms with E-state index in [2.05, 4.69) is 5.32 Å². The molecule has 0 radical (unpaired) electrons. The number of anilines is 1. The molecule has 2 amide bonds. The fourth-order valence-electron chi connectivity index (χ4n) is 3.50. The second-order valence-corrected chi connectivity index (χ2v) is 8.68. The van der Waals surface area contributed by atoms with Crippen molar-refractivity contribution in [3.8, 4) is 0 Å². The predicted octanol–water partition coefficient (Wildman–Crippen LogP) is 0.749. The zero-order chi connectivity index (χ0) is 18.2. The molecule has 1 N–H and O–H groups in total. The lowest BCUT2D eigenvalue weighted by molar-refractivity contribution is -0.116. The molecule has 25 heavy (non-hydrogen) atoms. The van der Waals surface area contributed by atoms with Crippen LogP contribution in [0.4, 0.5) is 5.69 Å². The molecule has 8 heteroatoms. The molecule has 7 nitrogen and oxygen atoms in total. The highest BCUT2D eigenvalue weighted by atomic mass is 32.2. The molecule has 1 unspecified atom stereocenters. The Kier molecular flexibility index (Phi) is 4.83. The summed E-state index contributed by atoms with van der Waals surface area (Å²) >= 11 is 0. The predicted molar refractivity (Wildman–Crippen MR) is 95.1 cm³/mol. The largest absolute Gasteiger partial charge is 0.348 e. The highest BCUT2D eigenvalue weighted by Crippen LogP contribution is 2.29. The molecule has 1 fully saturated rings. The van der Waals surface area contributed by atoms with Crippen LogP contribution in [-0.2, 0) is 21.2 Å². The van der Waals surface area contributed by atoms with Gasteiger partial charge in [-0.3, -0.25) is 9.59 Å². The van der Waals surface area contributed by atoms with Gasteiger partial charge in [-0.1, -0.05) is 0 Å². The molecule has 1 aromatic rings. The van der Waals surface area contributed by atoms with Crippen LogP contribution >= 0.6 is 0 Å². The summed E-state index contributed by atoms with van der Waals surface area (Å²) in [4.78, 5) is 25.8. The first-order chi connectivity index (χ1) is 11.8. The van der Waals surface area contributed by atoms with Crippen LogP contribution in [0.2, 0.25) is 0 Å². The highest BCUT2D eigenvalue weighted by Gasteiger charge is 2.28. The van der Waals surface area contributed by atoms with Gasteiger partial charge in [-0.25, -0.2) is 12.7 Å². The van der Waals surface area contributed by atoms with Crippen molar-refractivity contribution in [1.29, 1.82) is 0 Å². The molecule has 0 bridgehead atoms. The Hall–Kier alpha value is -1.93. The molecule has 1 atom stereocenters. The number of carbonyl (C=O) groups excluding carboxylic acids is 2. The van der Waals surface area contributed by atoms with Crippen LogP contribution in [-0.4, -0.2) is 56.5 Å². The van der Waals surface area contributed by atoms with Crippen molar-refractivity contribution in [3.05, 3.63) is 29.3 Å². The maximum absolute atomic E-state index is 12.5. The van der Waals surface area contributed by atoms with Crippen molar-refractivity contribution < 1.29 is 18.0 Å². The summed E-state index contributed by atoms with van der Waals surface area (Å²) in [6.07, 6.45) is 3.43. The zero-order valence-electron chi connectivity index (χ0n) is 14.5. The first-order valence-corrected chi connectivity index (χ1v) is 10.3. The summed E-state index contributed by atoms with van der Waals surface area (Å²) in [5, 5.41) is 2.94. The van der Waals surface area contributed by atoms with Gasteiger partial charge < -0.3 is 10.2 Å². The third-order valence-electron chi connectivity index (χ3n) is 4.81. The van der Waals surface area contributed by atoms with Gasteiger partial charge >= 0.3 is 0 Å². The van der Waals surface area contributed by atoms with Crippen molar-refractivity contribution in [2.45, 2.75) is 32.2 Å². The van der Waals surface area contributed by atoms with E-state index in [-0.39, 0.29) is 17.9 Å². The topological polar surface area (TPSA) is 86.8 Å². The van der Waals surface area contributed by atoms with Gasteiger partial charge in [0.15, 0.2) is 0 Å². The van der Waals surface area contributed by atoms with Crippen LogP contribution in [0.1, 0.15) is 35.7 Å². The molecule has 0 saturated carbocycles. The van der Waals surface area contributed by atoms with Gasteiger partial charge in [0, 0.05) is 43.9 Å². The van der Waals surface area contributed by atoms with E-state index in [9.17, 15) is 18.0 Å². The fraction of sp³-hybridized carbons (Fsp3) is 0.529. The lowest BCUT2D eigenvalue weighted by atomic mass is 10.1. The summed E-state index contributed by atoms with van der Waals surface area (Å²) in [5.74, 6) is -0.205. The number of hydrogen-bond acceptors (Lipinski definition) is 4. The van der Waals surface area contributed by atoms with Crippen LogP contribution in [0.25, 0.3) is 0 Å². The third-order valence-corrected chi connectivity index (χ3v) is 6.08. The normalized spacial score (nSPS) is 21.0. The summed E-state index contributed by atoms with van der Waals surface area (Å²) in [7, 11) is -3.24. The monoisotopic (exact) mass is 365 g/mol. The molecular formula is C17H23N3O4S. The van der Waals surface area contributed by atoms with Crippen LogP contribution in [0, 0.1) is 0 Å². The lowest BCUT2D eigenvalue weighted by Gasteiger charge is -2.31. The number of piperidine rings is 1. The molecule has 2 aliphatic heterocycles. The van der Waals surface area contributed by atoms with Gasteiger partial charge in [0.2, 0.25) is 15.9 Å². The number of nitrogens with zero attached hydrogens (tertiary/aromatic N) is 2. The SMILES string of the molecule is CC(=O)N1CCc2cc(C(=O)NC3CCCN(S(C)(=O)=O)C3)ccc21. The maximum atomic E-state index is 12.5. The smallest absolute Gasteiger partial charge is 0.251 e. The summed E-state index contributed by atoms with van der Waals surface area (Å²) in [6.45, 7) is 2.99. The van der Waals surface area contributed by atoms with Crippen LogP contribution < -0.4 is 10.2 Å². The Morgan fingerprint density at radius 3 is 2.68 bits per heavy atom. The first kappa shape index (κ1) is 17.9. The van der Waals surface area contributed by atoms with E-state index in [1.807, 2.05) is 12.1 Å². The Balaban J connectivity index is 1.69. The van der Waals surface area contributed by atoms with E-state index in [1.165, 1.54) is 17.5 Å². The van der Waals surface area contributed by atoms with Crippen molar-refractivity contribution in [1.82, 2.24) is 9.62 Å². The number of benzene rings is 1. The molecule has 136 valence electrons. The number of nitrogens with one attached hydrogen (secondary N) is 1. The molecule has 1 aromatic carbocycles. The van der Waals surface area contributed by atoms with E-state index < -0.39 is 10.0 Å². The van der Waals surface area contributed by atoms with Crippen molar-refractivity contribution in [2.24, 2.45) is 0 Å². The minimum absolute atomic E-state index is 0.000904. The van der Waals surface area contributed by atoms with Crippen LogP contribution in [0.5, 0.6) is 0 Å². The first-order valence-electron chi connectivity index (χ1n) is 8.43. The fourth-order valence-corrected chi connectivity index (χ4v) is 4.41. The number of hydrogen-bond donors (Lipinski definition) is 1. The molecule has 0 aliphatic carbocycles. The van der Waals surface area contributed by atoms with Crippen molar-refractivity contribution in [2.75, 3.05) is 30.8 Å². The van der Waals surface area contributed by atoms with Gasteiger partial charge in [0.1, 0.15) is 0 Å². The van der Waals surface area contributed by atoms with Gasteiger partial charge in [-0.2, -0.15) is 0 Å². The second kappa shape index (κ2) is 6.76. The molecule has 3 rings (SSSR count).